The number of ether oxygens (including phenoxy) is 2. The van der Waals surface area contributed by atoms with E-state index in [0.717, 1.165) is 5.69 Å². The standard InChI is InChI=1S/C19H24ClN5O4/c1-4-11-16(20)24-17(22-11)18(26)23-12-8-9-25(10-14(12)28-2)15-7-5-6-13(21-15)19(27)29-3/h5-7,12,14H,4,8-10H2,1-3H3,(H,22,24)(H,23,26)/t12-,14+/m1/s1. The molecule has 0 aliphatic carbocycles. The van der Waals surface area contributed by atoms with E-state index in [0.29, 0.717) is 36.9 Å². The van der Waals surface area contributed by atoms with Crippen LogP contribution in [0.3, 0.4) is 0 Å². The lowest BCUT2D eigenvalue weighted by molar-refractivity contribution is 0.0535. The lowest BCUT2D eigenvalue weighted by atomic mass is 10.0. The largest absolute Gasteiger partial charge is 0.464 e. The van der Waals surface area contributed by atoms with Gasteiger partial charge in [-0.15, -0.1) is 0 Å². The average molecular weight is 422 g/mol. The normalized spacial score (nSPS) is 19.1. The van der Waals surface area contributed by atoms with E-state index in [9.17, 15) is 9.59 Å². The maximum atomic E-state index is 12.6. The number of hydrogen-bond donors (Lipinski definition) is 2. The fourth-order valence-electron chi connectivity index (χ4n) is 3.31. The van der Waals surface area contributed by atoms with Crippen LogP contribution in [0.15, 0.2) is 18.2 Å². The van der Waals surface area contributed by atoms with Crippen molar-refractivity contribution < 1.29 is 19.1 Å². The summed E-state index contributed by atoms with van der Waals surface area (Å²) in [5, 5.41) is 3.29. The molecule has 0 aromatic carbocycles. The Kier molecular flexibility index (Phi) is 6.71. The van der Waals surface area contributed by atoms with Crippen molar-refractivity contribution >= 4 is 29.3 Å². The number of hydrogen-bond acceptors (Lipinski definition) is 7. The van der Waals surface area contributed by atoms with Crippen LogP contribution in [0, 0.1) is 0 Å². The Bertz CT molecular complexity index is 887. The molecule has 3 heterocycles. The number of anilines is 1. The minimum atomic E-state index is -0.485. The summed E-state index contributed by atoms with van der Waals surface area (Å²) in [5.41, 5.74) is 0.974. The third-order valence-corrected chi connectivity index (χ3v) is 5.24. The summed E-state index contributed by atoms with van der Waals surface area (Å²) in [6.45, 7) is 3.08. The lowest BCUT2D eigenvalue weighted by Crippen LogP contribution is -2.55. The Labute approximate surface area is 173 Å². The van der Waals surface area contributed by atoms with E-state index >= 15 is 0 Å². The lowest BCUT2D eigenvalue weighted by Gasteiger charge is -2.38. The molecule has 2 atom stereocenters. The molecule has 156 valence electrons. The molecule has 1 amide bonds. The summed E-state index contributed by atoms with van der Waals surface area (Å²) >= 11 is 6.03. The highest BCUT2D eigenvalue weighted by molar-refractivity contribution is 6.30. The van der Waals surface area contributed by atoms with Gasteiger partial charge in [-0.05, 0) is 25.0 Å². The Balaban J connectivity index is 1.68. The van der Waals surface area contributed by atoms with Gasteiger partial charge in [0.25, 0.3) is 5.91 Å². The number of aromatic nitrogens is 3. The van der Waals surface area contributed by atoms with Crippen LogP contribution in [0.1, 0.15) is 40.1 Å². The second-order valence-corrected chi connectivity index (χ2v) is 7.03. The van der Waals surface area contributed by atoms with Gasteiger partial charge in [0.15, 0.2) is 16.7 Å². The number of aryl methyl sites for hydroxylation is 1. The predicted octanol–water partition coefficient (Wildman–Crippen LogP) is 1.83. The molecule has 0 bridgehead atoms. The Morgan fingerprint density at radius 1 is 1.34 bits per heavy atom. The van der Waals surface area contributed by atoms with Gasteiger partial charge >= 0.3 is 5.97 Å². The molecule has 1 aliphatic heterocycles. The number of rotatable bonds is 6. The van der Waals surface area contributed by atoms with Gasteiger partial charge in [0, 0.05) is 20.2 Å². The van der Waals surface area contributed by atoms with Gasteiger partial charge in [-0.2, -0.15) is 0 Å². The molecule has 3 rings (SSSR count). The number of esters is 1. The summed E-state index contributed by atoms with van der Waals surface area (Å²) in [5.74, 6) is 0.0421. The van der Waals surface area contributed by atoms with Gasteiger partial charge < -0.3 is 24.7 Å². The second-order valence-electron chi connectivity index (χ2n) is 6.67. The van der Waals surface area contributed by atoms with Crippen LogP contribution in [0.2, 0.25) is 5.15 Å². The average Bonchev–Trinajstić information content (AvgIpc) is 3.14. The van der Waals surface area contributed by atoms with Crippen molar-refractivity contribution in [2.45, 2.75) is 31.9 Å². The number of halogens is 1. The molecular weight excluding hydrogens is 398 g/mol. The number of aromatic amines is 1. The zero-order valence-corrected chi connectivity index (χ0v) is 17.3. The van der Waals surface area contributed by atoms with Crippen LogP contribution < -0.4 is 10.2 Å². The Morgan fingerprint density at radius 2 is 2.14 bits per heavy atom. The van der Waals surface area contributed by atoms with Crippen molar-refractivity contribution in [3.8, 4) is 0 Å². The SMILES string of the molecule is CCc1[nH]c(C(=O)N[C@@H]2CCN(c3cccc(C(=O)OC)n3)C[C@@H]2OC)nc1Cl. The zero-order valence-electron chi connectivity index (χ0n) is 16.6. The van der Waals surface area contributed by atoms with Gasteiger partial charge in [0.1, 0.15) is 5.82 Å². The van der Waals surface area contributed by atoms with E-state index in [4.69, 9.17) is 21.1 Å². The van der Waals surface area contributed by atoms with Gasteiger partial charge in [-0.1, -0.05) is 24.6 Å². The highest BCUT2D eigenvalue weighted by Gasteiger charge is 2.32. The number of H-pyrrole nitrogens is 1. The molecule has 2 aromatic rings. The van der Waals surface area contributed by atoms with Crippen LogP contribution in [-0.2, 0) is 15.9 Å². The minimum absolute atomic E-state index is 0.191. The predicted molar refractivity (Wildman–Crippen MR) is 107 cm³/mol. The van der Waals surface area contributed by atoms with E-state index in [1.165, 1.54) is 7.11 Å². The van der Waals surface area contributed by atoms with Crippen molar-refractivity contribution in [3.05, 3.63) is 40.6 Å². The number of carbonyl (C=O) groups is 2. The quantitative estimate of drug-likeness (QED) is 0.684. The first-order valence-corrected chi connectivity index (χ1v) is 9.73. The summed E-state index contributed by atoms with van der Waals surface area (Å²) in [4.78, 5) is 37.7. The molecule has 0 saturated carbocycles. The molecule has 2 N–H and O–H groups in total. The Morgan fingerprint density at radius 3 is 2.79 bits per heavy atom. The van der Waals surface area contributed by atoms with E-state index in [1.54, 1.807) is 19.2 Å². The summed E-state index contributed by atoms with van der Waals surface area (Å²) < 4.78 is 10.3. The molecule has 1 fully saturated rings. The zero-order chi connectivity index (χ0) is 21.0. The van der Waals surface area contributed by atoms with Crippen molar-refractivity contribution in [3.63, 3.8) is 0 Å². The highest BCUT2D eigenvalue weighted by Crippen LogP contribution is 2.21. The minimum Gasteiger partial charge on any atom is -0.464 e. The van der Waals surface area contributed by atoms with E-state index in [2.05, 4.69) is 20.3 Å². The molecule has 1 aliphatic rings. The first kappa shape index (κ1) is 21.1. The molecule has 2 aromatic heterocycles. The summed E-state index contributed by atoms with van der Waals surface area (Å²) in [6, 6.07) is 5.00. The third-order valence-electron chi connectivity index (χ3n) is 4.93. The van der Waals surface area contributed by atoms with Crippen LogP contribution in [0.4, 0.5) is 5.82 Å². The number of pyridine rings is 1. The van der Waals surface area contributed by atoms with Gasteiger partial charge in [0.05, 0.1) is 24.9 Å². The monoisotopic (exact) mass is 421 g/mol. The maximum absolute atomic E-state index is 12.6. The van der Waals surface area contributed by atoms with Gasteiger partial charge in [-0.25, -0.2) is 14.8 Å². The fourth-order valence-corrected chi connectivity index (χ4v) is 3.58. The summed E-state index contributed by atoms with van der Waals surface area (Å²) in [6.07, 6.45) is 1.05. The number of carbonyl (C=O) groups excluding carboxylic acids is 2. The first-order chi connectivity index (χ1) is 14.0. The van der Waals surface area contributed by atoms with E-state index in [-0.39, 0.29) is 29.6 Å². The van der Waals surface area contributed by atoms with Crippen LogP contribution in [-0.4, -0.2) is 66.3 Å². The fraction of sp³-hybridized carbons (Fsp3) is 0.474. The first-order valence-electron chi connectivity index (χ1n) is 9.35. The topological polar surface area (TPSA) is 109 Å². The van der Waals surface area contributed by atoms with Crippen molar-refractivity contribution in [1.29, 1.82) is 0 Å². The van der Waals surface area contributed by atoms with Gasteiger partial charge in [0.2, 0.25) is 0 Å². The van der Waals surface area contributed by atoms with E-state index in [1.807, 2.05) is 17.9 Å². The van der Waals surface area contributed by atoms with Crippen molar-refractivity contribution in [1.82, 2.24) is 20.3 Å². The molecule has 1 saturated heterocycles. The number of amides is 1. The highest BCUT2D eigenvalue weighted by atomic mass is 35.5. The molecule has 10 heteroatoms. The number of methoxy groups -OCH3 is 2. The number of piperidine rings is 1. The molecule has 0 spiro atoms. The van der Waals surface area contributed by atoms with Crippen molar-refractivity contribution in [2.24, 2.45) is 0 Å². The van der Waals surface area contributed by atoms with Gasteiger partial charge in [-0.3, -0.25) is 4.79 Å². The van der Waals surface area contributed by atoms with E-state index < -0.39 is 5.97 Å². The second kappa shape index (κ2) is 9.23. The van der Waals surface area contributed by atoms with Crippen LogP contribution >= 0.6 is 11.6 Å². The molecule has 0 unspecified atom stereocenters. The number of imidazole rings is 1. The number of nitrogens with one attached hydrogen (secondary N) is 2. The maximum Gasteiger partial charge on any atom is 0.356 e. The Hall–Kier alpha value is -2.65. The van der Waals surface area contributed by atoms with Crippen LogP contribution in [0.25, 0.3) is 0 Å². The third kappa shape index (κ3) is 4.68. The molecule has 0 radical (unpaired) electrons. The summed E-state index contributed by atoms with van der Waals surface area (Å²) in [7, 11) is 2.92. The molecular formula is C19H24ClN5O4. The number of nitrogens with zero attached hydrogens (tertiary/aromatic N) is 3. The molecule has 29 heavy (non-hydrogen) atoms. The smallest absolute Gasteiger partial charge is 0.356 e. The van der Waals surface area contributed by atoms with Crippen LogP contribution in [0.5, 0.6) is 0 Å². The molecule has 9 nitrogen and oxygen atoms in total. The van der Waals surface area contributed by atoms with Crippen molar-refractivity contribution in [2.75, 3.05) is 32.2 Å².